The molecule has 336 valence electrons. The third-order valence-corrected chi connectivity index (χ3v) is 12.2. The van der Waals surface area contributed by atoms with Crippen molar-refractivity contribution in [2.75, 3.05) is 61.2 Å². The molecule has 2 aliphatic heterocycles. The monoisotopic (exact) mass is 835 g/mol. The second-order valence-electron chi connectivity index (χ2n) is 16.9. The summed E-state index contributed by atoms with van der Waals surface area (Å²) in [7, 11) is 7.05. The maximum absolute atomic E-state index is 14.6. The van der Waals surface area contributed by atoms with E-state index in [-0.39, 0.29) is 31.2 Å². The van der Waals surface area contributed by atoms with Gasteiger partial charge in [0.1, 0.15) is 24.7 Å². The van der Waals surface area contributed by atoms with Crippen molar-refractivity contribution in [3.05, 3.63) is 35.9 Å². The molecule has 3 rings (SSSR count). The number of likely N-dealkylation sites (N-methyl/N-ethyl adjacent to an activating group) is 1. The molecule has 0 aliphatic carbocycles. The Kier molecular flexibility index (Phi) is 19.7. The summed E-state index contributed by atoms with van der Waals surface area (Å²) in [4.78, 5) is 58.6. The summed E-state index contributed by atoms with van der Waals surface area (Å²) < 4.78 is 43.7. The van der Waals surface area contributed by atoms with Gasteiger partial charge in [-0.25, -0.2) is 9.59 Å². The van der Waals surface area contributed by atoms with E-state index in [0.29, 0.717) is 50.9 Å². The normalized spacial score (nSPS) is 31.4. The summed E-state index contributed by atoms with van der Waals surface area (Å²) in [5.74, 6) is -3.77. The van der Waals surface area contributed by atoms with Crippen molar-refractivity contribution in [3.63, 3.8) is 0 Å². The zero-order chi connectivity index (χ0) is 44.1. The van der Waals surface area contributed by atoms with Crippen LogP contribution in [-0.4, -0.2) is 149 Å². The molecule has 0 spiro atoms. The van der Waals surface area contributed by atoms with Crippen LogP contribution in [0, 0.1) is 17.8 Å². The van der Waals surface area contributed by atoms with E-state index in [1.807, 2.05) is 59.7 Å². The summed E-state index contributed by atoms with van der Waals surface area (Å²) in [5, 5.41) is 3.67. The Bertz CT molecular complexity index is 1490. The lowest BCUT2D eigenvalue weighted by Crippen LogP contribution is -2.61. The minimum absolute atomic E-state index is 0.0290. The fraction of sp³-hybridized carbons (Fsp3) is 0.773. The maximum atomic E-state index is 14.6. The number of rotatable bonds is 18. The molecule has 0 aromatic heterocycles. The Morgan fingerprint density at radius 2 is 1.71 bits per heavy atom. The smallest absolute Gasteiger partial charge is 0.410 e. The van der Waals surface area contributed by atoms with Crippen LogP contribution in [0.15, 0.2) is 30.3 Å². The average molecular weight is 835 g/mol. The second-order valence-corrected chi connectivity index (χ2v) is 16.9. The zero-order valence-corrected chi connectivity index (χ0v) is 37.7. The third kappa shape index (κ3) is 12.5. The molecule has 2 heterocycles. The molecule has 59 heavy (non-hydrogen) atoms. The van der Waals surface area contributed by atoms with E-state index in [4.69, 9.17) is 38.9 Å². The maximum Gasteiger partial charge on any atom is 0.410 e. The van der Waals surface area contributed by atoms with Crippen LogP contribution >= 0.6 is 0 Å². The van der Waals surface area contributed by atoms with Gasteiger partial charge in [-0.2, -0.15) is 0 Å². The van der Waals surface area contributed by atoms with E-state index in [0.717, 1.165) is 6.42 Å². The van der Waals surface area contributed by atoms with Crippen molar-refractivity contribution in [3.8, 4) is 0 Å². The summed E-state index contributed by atoms with van der Waals surface area (Å²) >= 11 is 0. The molecule has 2 fully saturated rings. The van der Waals surface area contributed by atoms with Gasteiger partial charge in [0.25, 0.3) is 0 Å². The molecule has 2 aliphatic rings. The highest BCUT2D eigenvalue weighted by molar-refractivity contribution is 6.00. The van der Waals surface area contributed by atoms with Crippen LogP contribution < -0.4 is 11.1 Å². The minimum Gasteiger partial charge on any atom is -0.460 e. The first-order valence-corrected chi connectivity index (χ1v) is 21.3. The van der Waals surface area contributed by atoms with Crippen LogP contribution in [0.3, 0.4) is 0 Å². The molecule has 1 aromatic rings. The second kappa shape index (κ2) is 23.2. The number of nitrogens with one attached hydrogen (secondary N) is 1. The number of fused-ring (bicyclic) bond motifs is 1. The van der Waals surface area contributed by atoms with Crippen LogP contribution in [0.5, 0.6) is 0 Å². The van der Waals surface area contributed by atoms with Gasteiger partial charge in [0.15, 0.2) is 17.7 Å². The molecule has 1 amide bonds. The SMILES string of the molecule is CCC(C(OC)[C@@H](OCCOC(=O)c1ccccc1)O[C@@H]1[C@@H](C)C(=O)[C@@H](C)C(=O)O[C@@H](CC)[C@@]2(C)OC(=O)N(CCCCN)[C@@H]2[C@@H](C)NC[C@H](C)C[C@@]1(C)OC)N(C)C. The highest BCUT2D eigenvalue weighted by Gasteiger charge is 2.58. The minimum atomic E-state index is -1.21. The first-order chi connectivity index (χ1) is 27.9. The van der Waals surface area contributed by atoms with E-state index >= 15 is 0 Å². The number of amides is 1. The predicted molar refractivity (Wildman–Crippen MR) is 224 cm³/mol. The van der Waals surface area contributed by atoms with Crippen molar-refractivity contribution >= 4 is 23.8 Å². The van der Waals surface area contributed by atoms with E-state index in [1.54, 1.807) is 50.3 Å². The summed E-state index contributed by atoms with van der Waals surface area (Å²) in [5.41, 5.74) is 3.91. The standard InChI is InChI=1S/C44H74N4O11/c1-13-33(47(9)10)36(53-11)41(56-25-24-55-40(51)32-20-16-15-17-21-32)58-38-29(4)35(49)30(5)39(50)57-34(14-2)44(8)37(48(42(52)59-44)23-19-18-22-45)31(6)46-27-28(3)26-43(38,7)54-12/h15-17,20-21,28-31,33-34,36-38,41,46H,13-14,18-19,22-27,45H2,1-12H3/t28-,29+,30-,31-,33?,34+,36?,37-,38-,41+,43-,44-/m1/s1. The van der Waals surface area contributed by atoms with Crippen molar-refractivity contribution in [2.45, 2.75) is 141 Å². The van der Waals surface area contributed by atoms with Crippen molar-refractivity contribution in [2.24, 2.45) is 23.5 Å². The number of nitrogens with two attached hydrogens (primary N) is 1. The molecule has 15 nitrogen and oxygen atoms in total. The number of carbonyl (C=O) groups excluding carboxylic acids is 4. The summed E-state index contributed by atoms with van der Waals surface area (Å²) in [6, 6.07) is 7.75. The van der Waals surface area contributed by atoms with Crippen LogP contribution in [0.1, 0.15) is 97.9 Å². The number of ether oxygens (including phenoxy) is 7. The van der Waals surface area contributed by atoms with Gasteiger partial charge >= 0.3 is 18.0 Å². The first-order valence-electron chi connectivity index (χ1n) is 21.3. The lowest BCUT2D eigenvalue weighted by Gasteiger charge is -2.44. The Labute approximate surface area is 352 Å². The summed E-state index contributed by atoms with van der Waals surface area (Å²) in [6.45, 7) is 16.3. The quantitative estimate of drug-likeness (QED) is 0.0676. The molecule has 15 heteroatoms. The van der Waals surface area contributed by atoms with Gasteiger partial charge < -0.3 is 49.1 Å². The van der Waals surface area contributed by atoms with Crippen LogP contribution in [-0.2, 0) is 42.7 Å². The molecular formula is C44H74N4O11. The molecule has 1 aromatic carbocycles. The Hall–Kier alpha value is -3.18. The number of unbranched alkanes of at least 4 members (excludes halogenated alkanes) is 1. The van der Waals surface area contributed by atoms with Crippen molar-refractivity contribution in [1.29, 1.82) is 0 Å². The van der Waals surface area contributed by atoms with Crippen molar-refractivity contribution in [1.82, 2.24) is 15.1 Å². The van der Waals surface area contributed by atoms with E-state index < -0.39 is 77.5 Å². The largest absolute Gasteiger partial charge is 0.460 e. The van der Waals surface area contributed by atoms with Gasteiger partial charge in [-0.3, -0.25) is 14.5 Å². The number of ketones is 1. The Morgan fingerprint density at radius 1 is 1.03 bits per heavy atom. The van der Waals surface area contributed by atoms with Gasteiger partial charge in [-0.15, -0.1) is 0 Å². The fourth-order valence-electron chi connectivity index (χ4n) is 8.94. The Morgan fingerprint density at radius 3 is 2.29 bits per heavy atom. The van der Waals surface area contributed by atoms with Crippen LogP contribution in [0.25, 0.3) is 0 Å². The summed E-state index contributed by atoms with van der Waals surface area (Å²) in [6.07, 6.45) is -1.09. The number of hydrogen-bond acceptors (Lipinski definition) is 14. The van der Waals surface area contributed by atoms with Gasteiger partial charge in [-0.1, -0.05) is 45.9 Å². The number of benzene rings is 1. The molecular weight excluding hydrogens is 761 g/mol. The molecule has 12 atom stereocenters. The van der Waals surface area contributed by atoms with Gasteiger partial charge in [-0.05, 0) is 105 Å². The average Bonchev–Trinajstić information content (AvgIpc) is 3.48. The molecule has 2 unspecified atom stereocenters. The Balaban J connectivity index is 2.05. The number of hydrogen-bond donors (Lipinski definition) is 2. The van der Waals surface area contributed by atoms with Gasteiger partial charge in [0.2, 0.25) is 0 Å². The van der Waals surface area contributed by atoms with E-state index in [9.17, 15) is 19.2 Å². The number of cyclic esters (lactones) is 1. The van der Waals surface area contributed by atoms with Crippen molar-refractivity contribution < 1.29 is 52.3 Å². The number of Topliss-reactive ketones (excluding diaryl/α,β-unsaturated/α-hetero) is 1. The zero-order valence-electron chi connectivity index (χ0n) is 37.7. The fourth-order valence-corrected chi connectivity index (χ4v) is 8.94. The molecule has 0 saturated carbocycles. The molecule has 0 radical (unpaired) electrons. The molecule has 3 N–H and O–H groups in total. The van der Waals surface area contributed by atoms with E-state index in [1.165, 1.54) is 6.92 Å². The number of nitrogens with zero attached hydrogens (tertiary/aromatic N) is 2. The van der Waals surface area contributed by atoms with Gasteiger partial charge in [0, 0.05) is 38.8 Å². The third-order valence-electron chi connectivity index (χ3n) is 12.2. The predicted octanol–water partition coefficient (Wildman–Crippen LogP) is 4.83. The van der Waals surface area contributed by atoms with Gasteiger partial charge in [0.05, 0.1) is 29.9 Å². The van der Waals surface area contributed by atoms with E-state index in [2.05, 4.69) is 12.2 Å². The number of esters is 2. The first kappa shape index (κ1) is 50.2. The molecule has 2 saturated heterocycles. The number of carbonyl (C=O) groups is 4. The molecule has 0 bridgehead atoms. The lowest BCUT2D eigenvalue weighted by atomic mass is 9.78. The van der Waals surface area contributed by atoms with Crippen LogP contribution in [0.4, 0.5) is 4.79 Å². The highest BCUT2D eigenvalue weighted by atomic mass is 16.7. The van der Waals surface area contributed by atoms with Crippen LogP contribution in [0.2, 0.25) is 0 Å². The lowest BCUT2D eigenvalue weighted by molar-refractivity contribution is -0.272. The number of methoxy groups -OCH3 is 2. The highest BCUT2D eigenvalue weighted by Crippen LogP contribution is 2.40. The topological polar surface area (TPSA) is 177 Å².